The lowest BCUT2D eigenvalue weighted by Crippen LogP contribution is -2.52. The standard InChI is InChI=1S/C22H28N2O/c23-14-13-22(18-25,21-9-5-2-6-10-21)24-15-11-20(12-16-24)17-19-7-3-1-4-8-19/h1-10,18,20H,11-17,23H2. The van der Waals surface area contributed by atoms with Gasteiger partial charge in [-0.05, 0) is 62.4 Å². The van der Waals surface area contributed by atoms with Gasteiger partial charge in [0.15, 0.2) is 0 Å². The lowest BCUT2D eigenvalue weighted by atomic mass is 9.82. The van der Waals surface area contributed by atoms with Crippen LogP contribution in [0.1, 0.15) is 30.4 Å². The smallest absolute Gasteiger partial charge is 0.144 e. The minimum atomic E-state index is -0.576. The molecule has 0 aliphatic carbocycles. The topological polar surface area (TPSA) is 46.3 Å². The van der Waals surface area contributed by atoms with E-state index in [0.717, 1.165) is 44.2 Å². The van der Waals surface area contributed by atoms with E-state index in [1.54, 1.807) is 0 Å². The minimum Gasteiger partial charge on any atom is -0.330 e. The fourth-order valence-corrected chi connectivity index (χ4v) is 4.12. The van der Waals surface area contributed by atoms with Gasteiger partial charge in [-0.25, -0.2) is 0 Å². The number of hydrogen-bond acceptors (Lipinski definition) is 3. The van der Waals surface area contributed by atoms with E-state index in [2.05, 4.69) is 47.4 Å². The first-order valence-corrected chi connectivity index (χ1v) is 9.29. The average Bonchev–Trinajstić information content (AvgIpc) is 2.68. The molecular formula is C22H28N2O. The summed E-state index contributed by atoms with van der Waals surface area (Å²) in [5.41, 5.74) is 7.78. The second kappa shape index (κ2) is 8.41. The third-order valence-corrected chi connectivity index (χ3v) is 5.54. The van der Waals surface area contributed by atoms with E-state index in [1.165, 1.54) is 5.56 Å². The van der Waals surface area contributed by atoms with Crippen LogP contribution in [0.25, 0.3) is 0 Å². The highest BCUT2D eigenvalue weighted by Gasteiger charge is 2.39. The molecule has 0 saturated carbocycles. The summed E-state index contributed by atoms with van der Waals surface area (Å²) in [5.74, 6) is 0.691. The zero-order valence-corrected chi connectivity index (χ0v) is 14.8. The maximum Gasteiger partial charge on any atom is 0.144 e. The van der Waals surface area contributed by atoms with Gasteiger partial charge in [0.25, 0.3) is 0 Å². The number of likely N-dealkylation sites (tertiary alicyclic amines) is 1. The van der Waals surface area contributed by atoms with Crippen LogP contribution >= 0.6 is 0 Å². The first-order valence-electron chi connectivity index (χ1n) is 9.29. The monoisotopic (exact) mass is 336 g/mol. The number of rotatable bonds is 7. The second-order valence-corrected chi connectivity index (χ2v) is 7.07. The zero-order chi connectivity index (χ0) is 17.5. The molecule has 3 rings (SSSR count). The van der Waals surface area contributed by atoms with Crippen LogP contribution in [0.3, 0.4) is 0 Å². The minimum absolute atomic E-state index is 0.511. The van der Waals surface area contributed by atoms with Crippen molar-refractivity contribution in [2.75, 3.05) is 19.6 Å². The fraction of sp³-hybridized carbons (Fsp3) is 0.409. The third kappa shape index (κ3) is 4.00. The van der Waals surface area contributed by atoms with Crippen molar-refractivity contribution in [2.24, 2.45) is 11.7 Å². The van der Waals surface area contributed by atoms with Crippen LogP contribution < -0.4 is 5.73 Å². The quantitative estimate of drug-likeness (QED) is 0.789. The Morgan fingerprint density at radius 1 is 1.00 bits per heavy atom. The summed E-state index contributed by atoms with van der Waals surface area (Å²) in [6.07, 6.45) is 5.17. The molecule has 1 atom stereocenters. The maximum atomic E-state index is 12.2. The Balaban J connectivity index is 1.71. The molecule has 3 heteroatoms. The molecule has 0 bridgehead atoms. The van der Waals surface area contributed by atoms with Gasteiger partial charge < -0.3 is 10.5 Å². The van der Waals surface area contributed by atoms with E-state index in [1.807, 2.05) is 18.2 Å². The van der Waals surface area contributed by atoms with Crippen molar-refractivity contribution in [3.63, 3.8) is 0 Å². The normalized spacial score (nSPS) is 18.6. The summed E-state index contributed by atoms with van der Waals surface area (Å²) in [4.78, 5) is 14.5. The first-order chi connectivity index (χ1) is 12.3. The van der Waals surface area contributed by atoms with Crippen LogP contribution in [0.5, 0.6) is 0 Å². The van der Waals surface area contributed by atoms with Gasteiger partial charge in [0.1, 0.15) is 11.8 Å². The Labute approximate surface area is 150 Å². The summed E-state index contributed by atoms with van der Waals surface area (Å²) in [5, 5.41) is 0. The number of nitrogens with zero attached hydrogens (tertiary/aromatic N) is 1. The van der Waals surface area contributed by atoms with Gasteiger partial charge in [0.2, 0.25) is 0 Å². The van der Waals surface area contributed by atoms with Crippen molar-refractivity contribution in [3.05, 3.63) is 71.8 Å². The number of benzene rings is 2. The van der Waals surface area contributed by atoms with Crippen molar-refractivity contribution in [1.29, 1.82) is 0 Å². The molecule has 2 N–H and O–H groups in total. The molecule has 0 spiro atoms. The van der Waals surface area contributed by atoms with Crippen molar-refractivity contribution in [3.8, 4) is 0 Å². The number of hydrogen-bond donors (Lipinski definition) is 1. The van der Waals surface area contributed by atoms with Crippen molar-refractivity contribution in [1.82, 2.24) is 4.90 Å². The van der Waals surface area contributed by atoms with Crippen LogP contribution in [-0.4, -0.2) is 30.8 Å². The summed E-state index contributed by atoms with van der Waals surface area (Å²) >= 11 is 0. The summed E-state index contributed by atoms with van der Waals surface area (Å²) < 4.78 is 0. The van der Waals surface area contributed by atoms with Crippen LogP contribution in [0.15, 0.2) is 60.7 Å². The molecule has 1 aliphatic rings. The molecule has 2 aromatic rings. The van der Waals surface area contributed by atoms with Gasteiger partial charge in [-0.1, -0.05) is 60.7 Å². The molecule has 3 nitrogen and oxygen atoms in total. The Kier molecular flexibility index (Phi) is 6.00. The lowest BCUT2D eigenvalue weighted by molar-refractivity contribution is -0.121. The third-order valence-electron chi connectivity index (χ3n) is 5.54. The second-order valence-electron chi connectivity index (χ2n) is 7.07. The van der Waals surface area contributed by atoms with Gasteiger partial charge in [0, 0.05) is 0 Å². The molecular weight excluding hydrogens is 308 g/mol. The van der Waals surface area contributed by atoms with Crippen LogP contribution in [0.4, 0.5) is 0 Å². The molecule has 1 aliphatic heterocycles. The Bertz CT molecular complexity index is 650. The van der Waals surface area contributed by atoms with E-state index in [9.17, 15) is 4.79 Å². The largest absolute Gasteiger partial charge is 0.330 e. The number of carbonyl (C=O) groups is 1. The SMILES string of the molecule is NCCC(C=O)(c1ccccc1)N1CCC(Cc2ccccc2)CC1. The van der Waals surface area contributed by atoms with E-state index in [4.69, 9.17) is 5.73 Å². The fourth-order valence-electron chi connectivity index (χ4n) is 4.12. The summed E-state index contributed by atoms with van der Waals surface area (Å²) in [6, 6.07) is 20.8. The average molecular weight is 336 g/mol. The zero-order valence-electron chi connectivity index (χ0n) is 14.8. The summed E-state index contributed by atoms with van der Waals surface area (Å²) in [7, 11) is 0. The van der Waals surface area contributed by atoms with Gasteiger partial charge in [-0.3, -0.25) is 4.90 Å². The molecule has 2 aromatic carbocycles. The van der Waals surface area contributed by atoms with Crippen molar-refractivity contribution >= 4 is 6.29 Å². The molecule has 132 valence electrons. The van der Waals surface area contributed by atoms with Gasteiger partial charge in [0.05, 0.1) is 0 Å². The van der Waals surface area contributed by atoms with Gasteiger partial charge in [-0.15, -0.1) is 0 Å². The lowest BCUT2D eigenvalue weighted by Gasteiger charge is -2.44. The van der Waals surface area contributed by atoms with Gasteiger partial charge in [-0.2, -0.15) is 0 Å². The number of nitrogens with two attached hydrogens (primary N) is 1. The molecule has 1 unspecified atom stereocenters. The highest BCUT2D eigenvalue weighted by Crippen LogP contribution is 2.34. The molecule has 1 heterocycles. The predicted octanol–water partition coefficient (Wildman–Crippen LogP) is 3.38. The summed E-state index contributed by atoms with van der Waals surface area (Å²) in [6.45, 7) is 2.41. The molecule has 0 amide bonds. The molecule has 0 aromatic heterocycles. The molecule has 0 radical (unpaired) electrons. The highest BCUT2D eigenvalue weighted by molar-refractivity contribution is 5.68. The molecule has 25 heavy (non-hydrogen) atoms. The first kappa shape index (κ1) is 17.8. The van der Waals surface area contributed by atoms with Crippen LogP contribution in [0, 0.1) is 5.92 Å². The Morgan fingerprint density at radius 2 is 1.60 bits per heavy atom. The maximum absolute atomic E-state index is 12.2. The molecule has 1 fully saturated rings. The van der Waals surface area contributed by atoms with E-state index >= 15 is 0 Å². The number of aldehydes is 1. The van der Waals surface area contributed by atoms with Gasteiger partial charge >= 0.3 is 0 Å². The van der Waals surface area contributed by atoms with Crippen LogP contribution in [0.2, 0.25) is 0 Å². The van der Waals surface area contributed by atoms with E-state index in [0.29, 0.717) is 18.9 Å². The highest BCUT2D eigenvalue weighted by atomic mass is 16.1. The van der Waals surface area contributed by atoms with Crippen LogP contribution in [-0.2, 0) is 16.8 Å². The Hall–Kier alpha value is -1.97. The Morgan fingerprint density at radius 3 is 2.16 bits per heavy atom. The number of piperidine rings is 1. The van der Waals surface area contributed by atoms with Crippen molar-refractivity contribution < 1.29 is 4.79 Å². The van der Waals surface area contributed by atoms with E-state index < -0.39 is 5.54 Å². The van der Waals surface area contributed by atoms with Crippen molar-refractivity contribution in [2.45, 2.75) is 31.2 Å². The molecule has 1 saturated heterocycles. The van der Waals surface area contributed by atoms with E-state index in [-0.39, 0.29) is 0 Å². The number of carbonyl (C=O) groups excluding carboxylic acids is 1. The predicted molar refractivity (Wildman–Crippen MR) is 102 cm³/mol.